The van der Waals surface area contributed by atoms with Crippen LogP contribution in [0.4, 0.5) is 20.2 Å². The molecule has 2 aromatic carbocycles. The molecule has 29 heavy (non-hydrogen) atoms. The summed E-state index contributed by atoms with van der Waals surface area (Å²) in [7, 11) is 0. The number of hydrogen-bond donors (Lipinski definition) is 4. The summed E-state index contributed by atoms with van der Waals surface area (Å²) >= 11 is 5.80. The maximum atomic E-state index is 14.3. The van der Waals surface area contributed by atoms with Gasteiger partial charge in [-0.25, -0.2) is 18.6 Å². The number of rotatable bonds is 5. The lowest BCUT2D eigenvalue weighted by atomic mass is 10.2. The maximum Gasteiger partial charge on any atom is 0.354 e. The molecule has 0 aliphatic rings. The Labute approximate surface area is 166 Å². The van der Waals surface area contributed by atoms with Crippen LogP contribution in [0.5, 0.6) is 0 Å². The number of halogens is 3. The molecule has 1 heterocycles. The topological polar surface area (TPSA) is 124 Å². The Bertz CT molecular complexity index is 1130. The number of aromatic carboxylic acids is 1. The molecule has 11 heteroatoms. The molecule has 8 nitrogen and oxygen atoms in total. The lowest BCUT2D eigenvalue weighted by molar-refractivity contribution is 0.0686. The zero-order chi connectivity index (χ0) is 21.1. The Hall–Kier alpha value is -3.79. The number of carbonyl (C=O) groups is 3. The predicted molar refractivity (Wildman–Crippen MR) is 99.3 cm³/mol. The summed E-state index contributed by atoms with van der Waals surface area (Å²) in [6.07, 6.45) is 1.04. The summed E-state index contributed by atoms with van der Waals surface area (Å²) in [4.78, 5) is 41.3. The first kappa shape index (κ1) is 20.0. The number of aromatic amines is 1. The third-order valence-electron chi connectivity index (χ3n) is 3.72. The van der Waals surface area contributed by atoms with Crippen molar-refractivity contribution < 1.29 is 28.3 Å². The predicted octanol–water partition coefficient (Wildman–Crippen LogP) is 3.54. The highest BCUT2D eigenvalue weighted by atomic mass is 35.5. The number of nitrogens with one attached hydrogen (secondary N) is 3. The molecule has 1 aromatic heterocycles. The summed E-state index contributed by atoms with van der Waals surface area (Å²) in [6, 6.07) is 6.54. The van der Waals surface area contributed by atoms with Crippen molar-refractivity contribution in [2.24, 2.45) is 0 Å². The van der Waals surface area contributed by atoms with Gasteiger partial charge in [0.1, 0.15) is 11.6 Å². The lowest BCUT2D eigenvalue weighted by Crippen LogP contribution is -2.17. The van der Waals surface area contributed by atoms with Gasteiger partial charge in [0, 0.05) is 5.69 Å². The van der Waals surface area contributed by atoms with Crippen LogP contribution in [0.1, 0.15) is 31.3 Å². The SMILES string of the molecule is O=C(Nc1ccc(NC(=O)c2nc[nH]c2C(=O)O)cc1F)c1ccc(F)cc1Cl. The van der Waals surface area contributed by atoms with Gasteiger partial charge in [0.25, 0.3) is 11.8 Å². The van der Waals surface area contributed by atoms with E-state index < -0.39 is 35.1 Å². The van der Waals surface area contributed by atoms with Crippen LogP contribution in [0.15, 0.2) is 42.7 Å². The second-order valence-corrected chi connectivity index (χ2v) is 6.07. The van der Waals surface area contributed by atoms with Crippen molar-refractivity contribution in [3.8, 4) is 0 Å². The van der Waals surface area contributed by atoms with E-state index in [1.165, 1.54) is 12.1 Å². The number of hydrogen-bond acceptors (Lipinski definition) is 4. The van der Waals surface area contributed by atoms with Gasteiger partial charge >= 0.3 is 5.97 Å². The monoisotopic (exact) mass is 420 g/mol. The molecule has 3 rings (SSSR count). The molecule has 0 spiro atoms. The molecule has 2 amide bonds. The van der Waals surface area contributed by atoms with Crippen LogP contribution in [0.3, 0.4) is 0 Å². The fourth-order valence-corrected chi connectivity index (χ4v) is 2.63. The molecule has 0 radical (unpaired) electrons. The summed E-state index contributed by atoms with van der Waals surface area (Å²) in [5.41, 5.74) is -1.04. The summed E-state index contributed by atoms with van der Waals surface area (Å²) in [6.45, 7) is 0. The maximum absolute atomic E-state index is 14.3. The summed E-state index contributed by atoms with van der Waals surface area (Å²) in [5.74, 6) is -4.50. The molecule has 0 aliphatic carbocycles. The Morgan fingerprint density at radius 2 is 1.79 bits per heavy atom. The number of nitrogens with zero attached hydrogens (tertiary/aromatic N) is 1. The van der Waals surface area contributed by atoms with Crippen LogP contribution < -0.4 is 10.6 Å². The molecule has 3 aromatic rings. The van der Waals surface area contributed by atoms with Crippen molar-refractivity contribution in [2.45, 2.75) is 0 Å². The number of anilines is 2. The minimum atomic E-state index is -1.38. The molecule has 0 saturated heterocycles. The number of amides is 2. The van der Waals surface area contributed by atoms with Gasteiger partial charge in [0.15, 0.2) is 11.4 Å². The minimum absolute atomic E-state index is 0.00431. The van der Waals surface area contributed by atoms with Crippen molar-refractivity contribution in [2.75, 3.05) is 10.6 Å². The van der Waals surface area contributed by atoms with Gasteiger partial charge < -0.3 is 20.7 Å². The van der Waals surface area contributed by atoms with Crippen LogP contribution in [0, 0.1) is 11.6 Å². The van der Waals surface area contributed by atoms with Crippen LogP contribution in [-0.2, 0) is 0 Å². The lowest BCUT2D eigenvalue weighted by Gasteiger charge is -2.10. The van der Waals surface area contributed by atoms with E-state index in [9.17, 15) is 23.2 Å². The molecular formula is C18H11ClF2N4O4. The van der Waals surface area contributed by atoms with Crippen LogP contribution in [0.25, 0.3) is 0 Å². The van der Waals surface area contributed by atoms with Gasteiger partial charge in [-0.05, 0) is 36.4 Å². The van der Waals surface area contributed by atoms with Crippen LogP contribution >= 0.6 is 11.6 Å². The van der Waals surface area contributed by atoms with Gasteiger partial charge in [0.05, 0.1) is 22.6 Å². The van der Waals surface area contributed by atoms with Crippen molar-refractivity contribution in [3.05, 3.63) is 76.3 Å². The van der Waals surface area contributed by atoms with E-state index in [4.69, 9.17) is 16.7 Å². The van der Waals surface area contributed by atoms with Crippen molar-refractivity contribution >= 4 is 40.8 Å². The second kappa shape index (κ2) is 8.07. The van der Waals surface area contributed by atoms with Crippen LogP contribution in [0.2, 0.25) is 5.02 Å². The number of carbonyl (C=O) groups excluding carboxylic acids is 2. The van der Waals surface area contributed by atoms with E-state index >= 15 is 0 Å². The average molecular weight is 421 g/mol. The zero-order valence-electron chi connectivity index (χ0n) is 14.3. The highest BCUT2D eigenvalue weighted by Crippen LogP contribution is 2.23. The van der Waals surface area contributed by atoms with Gasteiger partial charge in [-0.15, -0.1) is 0 Å². The Kier molecular flexibility index (Phi) is 5.55. The third-order valence-corrected chi connectivity index (χ3v) is 4.03. The molecule has 0 saturated carbocycles. The van der Waals surface area contributed by atoms with E-state index in [0.717, 1.165) is 30.6 Å². The number of carboxylic acid groups (broad SMARTS) is 1. The van der Waals surface area contributed by atoms with E-state index in [-0.39, 0.29) is 27.7 Å². The van der Waals surface area contributed by atoms with E-state index in [1.807, 2.05) is 0 Å². The third kappa shape index (κ3) is 4.38. The van der Waals surface area contributed by atoms with Gasteiger partial charge in [-0.3, -0.25) is 9.59 Å². The first-order valence-corrected chi connectivity index (χ1v) is 8.28. The minimum Gasteiger partial charge on any atom is -0.477 e. The normalized spacial score (nSPS) is 10.4. The Morgan fingerprint density at radius 3 is 2.45 bits per heavy atom. The van der Waals surface area contributed by atoms with E-state index in [0.29, 0.717) is 0 Å². The number of imidazole rings is 1. The number of aromatic nitrogens is 2. The fourth-order valence-electron chi connectivity index (χ4n) is 2.38. The summed E-state index contributed by atoms with van der Waals surface area (Å²) < 4.78 is 27.4. The average Bonchev–Trinajstić information content (AvgIpc) is 3.14. The Morgan fingerprint density at radius 1 is 1.03 bits per heavy atom. The smallest absolute Gasteiger partial charge is 0.354 e. The largest absolute Gasteiger partial charge is 0.477 e. The standard InChI is InChI=1S/C18H11ClF2N4O4/c19-11-5-8(20)1-3-10(11)16(26)25-13-4-2-9(6-12(13)21)24-17(27)14-15(18(28)29)23-7-22-14/h1-7H,(H,22,23)(H,24,27)(H,25,26)(H,28,29). The van der Waals surface area contributed by atoms with Crippen molar-refractivity contribution in [3.63, 3.8) is 0 Å². The molecule has 0 unspecified atom stereocenters. The first-order valence-electron chi connectivity index (χ1n) is 7.90. The van der Waals surface area contributed by atoms with Crippen molar-refractivity contribution in [1.82, 2.24) is 9.97 Å². The van der Waals surface area contributed by atoms with E-state index in [1.54, 1.807) is 0 Å². The zero-order valence-corrected chi connectivity index (χ0v) is 15.1. The summed E-state index contributed by atoms with van der Waals surface area (Å²) in [5, 5.41) is 13.4. The van der Waals surface area contributed by atoms with Gasteiger partial charge in [0.2, 0.25) is 0 Å². The fraction of sp³-hybridized carbons (Fsp3) is 0. The van der Waals surface area contributed by atoms with Gasteiger partial charge in [-0.1, -0.05) is 11.6 Å². The molecule has 0 fully saturated rings. The second-order valence-electron chi connectivity index (χ2n) is 5.66. The molecular weight excluding hydrogens is 410 g/mol. The highest BCUT2D eigenvalue weighted by Gasteiger charge is 2.20. The molecule has 0 aliphatic heterocycles. The quantitative estimate of drug-likeness (QED) is 0.502. The number of H-pyrrole nitrogens is 1. The number of benzene rings is 2. The Balaban J connectivity index is 1.74. The first-order chi connectivity index (χ1) is 13.8. The van der Waals surface area contributed by atoms with Crippen molar-refractivity contribution in [1.29, 1.82) is 0 Å². The molecule has 148 valence electrons. The molecule has 0 atom stereocenters. The van der Waals surface area contributed by atoms with E-state index in [2.05, 4.69) is 20.6 Å². The highest BCUT2D eigenvalue weighted by molar-refractivity contribution is 6.34. The molecule has 0 bridgehead atoms. The number of carboxylic acids is 1. The van der Waals surface area contributed by atoms with Crippen LogP contribution in [-0.4, -0.2) is 32.9 Å². The van der Waals surface area contributed by atoms with Gasteiger partial charge in [-0.2, -0.15) is 0 Å². The molecule has 4 N–H and O–H groups in total.